The third kappa shape index (κ3) is 2.19. The van der Waals surface area contributed by atoms with Gasteiger partial charge in [0.15, 0.2) is 9.84 Å². The molecule has 80 valence electrons. The molecule has 1 aliphatic rings. The first-order valence-electron chi connectivity index (χ1n) is 4.54. The molecular formula is C9H10N2O2S2. The standard InChI is InChI=1S/C9H10N2O2S2/c10-5-9(1-2-15(12,13)6-9)3-8-4-14-7-11-8/h4,7H,1-3,6H2. The molecule has 1 atom stereocenters. The van der Waals surface area contributed by atoms with Crippen LogP contribution in [0.4, 0.5) is 0 Å². The lowest BCUT2D eigenvalue weighted by Gasteiger charge is -2.16. The minimum absolute atomic E-state index is 0.0198. The van der Waals surface area contributed by atoms with Crippen molar-refractivity contribution in [2.75, 3.05) is 11.5 Å². The molecule has 0 aromatic carbocycles. The van der Waals surface area contributed by atoms with E-state index in [0.717, 1.165) is 5.69 Å². The number of rotatable bonds is 2. The second-order valence-corrected chi connectivity index (χ2v) is 6.79. The maximum Gasteiger partial charge on any atom is 0.151 e. The average Bonchev–Trinajstić information content (AvgIpc) is 2.75. The normalized spacial score (nSPS) is 28.7. The van der Waals surface area contributed by atoms with Crippen molar-refractivity contribution < 1.29 is 8.42 Å². The Kier molecular flexibility index (Phi) is 2.52. The Morgan fingerprint density at radius 2 is 2.47 bits per heavy atom. The van der Waals surface area contributed by atoms with Crippen molar-refractivity contribution in [3.8, 4) is 6.07 Å². The molecule has 0 saturated carbocycles. The lowest BCUT2D eigenvalue weighted by atomic mass is 9.85. The topological polar surface area (TPSA) is 70.8 Å². The molecule has 0 spiro atoms. The predicted molar refractivity (Wildman–Crippen MR) is 57.1 cm³/mol. The summed E-state index contributed by atoms with van der Waals surface area (Å²) >= 11 is 1.46. The molecule has 1 aliphatic heterocycles. The molecule has 0 radical (unpaired) electrons. The van der Waals surface area contributed by atoms with Crippen molar-refractivity contribution in [3.63, 3.8) is 0 Å². The molecule has 1 fully saturated rings. The smallest absolute Gasteiger partial charge is 0.151 e. The van der Waals surface area contributed by atoms with E-state index < -0.39 is 15.3 Å². The van der Waals surface area contributed by atoms with Crippen LogP contribution in [0, 0.1) is 16.7 Å². The van der Waals surface area contributed by atoms with Gasteiger partial charge in [-0.15, -0.1) is 11.3 Å². The van der Waals surface area contributed by atoms with Crippen LogP contribution >= 0.6 is 11.3 Å². The lowest BCUT2D eigenvalue weighted by Crippen LogP contribution is -2.23. The summed E-state index contributed by atoms with van der Waals surface area (Å²) in [5.41, 5.74) is 1.77. The van der Waals surface area contributed by atoms with E-state index in [4.69, 9.17) is 5.26 Å². The van der Waals surface area contributed by atoms with E-state index in [0.29, 0.717) is 12.8 Å². The van der Waals surface area contributed by atoms with Crippen LogP contribution in [0.3, 0.4) is 0 Å². The maximum absolute atomic E-state index is 11.4. The van der Waals surface area contributed by atoms with Gasteiger partial charge < -0.3 is 0 Å². The van der Waals surface area contributed by atoms with Crippen LogP contribution in [-0.4, -0.2) is 24.9 Å². The molecule has 2 heterocycles. The van der Waals surface area contributed by atoms with Gasteiger partial charge in [0.05, 0.1) is 34.2 Å². The van der Waals surface area contributed by atoms with E-state index in [1.165, 1.54) is 11.3 Å². The zero-order valence-corrected chi connectivity index (χ0v) is 9.64. The lowest BCUT2D eigenvalue weighted by molar-refractivity contribution is 0.447. The third-order valence-corrected chi connectivity index (χ3v) is 5.08. The summed E-state index contributed by atoms with van der Waals surface area (Å²) in [5.74, 6) is 0.110. The highest BCUT2D eigenvalue weighted by Crippen LogP contribution is 2.34. The van der Waals surface area contributed by atoms with Gasteiger partial charge in [-0.25, -0.2) is 13.4 Å². The monoisotopic (exact) mass is 242 g/mol. The summed E-state index contributed by atoms with van der Waals surface area (Å²) in [5, 5.41) is 11.0. The molecule has 2 rings (SSSR count). The SMILES string of the molecule is N#CC1(Cc2cscn2)CCS(=O)(=O)C1. The molecule has 15 heavy (non-hydrogen) atoms. The Hall–Kier alpha value is -0.930. The molecule has 0 bridgehead atoms. The number of thiazole rings is 1. The Morgan fingerprint density at radius 3 is 2.93 bits per heavy atom. The second-order valence-electron chi connectivity index (χ2n) is 3.89. The van der Waals surface area contributed by atoms with Gasteiger partial charge in [0, 0.05) is 11.8 Å². The van der Waals surface area contributed by atoms with Gasteiger partial charge >= 0.3 is 0 Å². The van der Waals surface area contributed by atoms with E-state index in [9.17, 15) is 8.42 Å². The van der Waals surface area contributed by atoms with Crippen LogP contribution < -0.4 is 0 Å². The molecule has 1 aromatic rings. The van der Waals surface area contributed by atoms with Gasteiger partial charge in [-0.05, 0) is 6.42 Å². The van der Waals surface area contributed by atoms with Crippen molar-refractivity contribution in [3.05, 3.63) is 16.6 Å². The van der Waals surface area contributed by atoms with Gasteiger partial charge in [0.1, 0.15) is 0 Å². The highest BCUT2D eigenvalue weighted by atomic mass is 32.2. The zero-order valence-electron chi connectivity index (χ0n) is 8.01. The molecule has 4 nitrogen and oxygen atoms in total. The summed E-state index contributed by atoms with van der Waals surface area (Å²) < 4.78 is 22.7. The number of nitrogens with zero attached hydrogens (tertiary/aromatic N) is 2. The molecule has 1 aromatic heterocycles. The van der Waals surface area contributed by atoms with Crippen LogP contribution in [-0.2, 0) is 16.3 Å². The van der Waals surface area contributed by atoms with Crippen molar-refractivity contribution in [1.82, 2.24) is 4.98 Å². The molecule has 0 N–H and O–H groups in total. The first-order valence-corrected chi connectivity index (χ1v) is 7.30. The summed E-state index contributed by atoms with van der Waals surface area (Å²) in [6.45, 7) is 0. The van der Waals surface area contributed by atoms with Gasteiger partial charge in [-0.3, -0.25) is 0 Å². The van der Waals surface area contributed by atoms with Crippen LogP contribution in [0.1, 0.15) is 12.1 Å². The Bertz CT molecular complexity index is 487. The van der Waals surface area contributed by atoms with Gasteiger partial charge in [0.2, 0.25) is 0 Å². The Balaban J connectivity index is 2.22. The third-order valence-electron chi connectivity index (χ3n) is 2.63. The molecule has 0 aliphatic carbocycles. The van der Waals surface area contributed by atoms with E-state index >= 15 is 0 Å². The highest BCUT2D eigenvalue weighted by molar-refractivity contribution is 7.91. The van der Waals surface area contributed by atoms with E-state index in [2.05, 4.69) is 11.1 Å². The van der Waals surface area contributed by atoms with E-state index in [1.54, 1.807) is 5.51 Å². The summed E-state index contributed by atoms with van der Waals surface area (Å²) in [7, 11) is -3.02. The number of nitriles is 1. The fourth-order valence-electron chi connectivity index (χ4n) is 1.85. The fraction of sp³-hybridized carbons (Fsp3) is 0.556. The zero-order chi connectivity index (χ0) is 10.9. The van der Waals surface area contributed by atoms with Crippen LogP contribution in [0.15, 0.2) is 10.9 Å². The number of aromatic nitrogens is 1. The second kappa shape index (κ2) is 3.58. The van der Waals surface area contributed by atoms with Gasteiger partial charge in [0.25, 0.3) is 0 Å². The predicted octanol–water partition coefficient (Wildman–Crippen LogP) is 1.01. The van der Waals surface area contributed by atoms with Crippen molar-refractivity contribution in [2.24, 2.45) is 5.41 Å². The molecule has 6 heteroatoms. The average molecular weight is 242 g/mol. The van der Waals surface area contributed by atoms with Crippen molar-refractivity contribution >= 4 is 21.2 Å². The minimum Gasteiger partial charge on any atom is -0.250 e. The maximum atomic E-state index is 11.4. The number of hydrogen-bond donors (Lipinski definition) is 0. The summed E-state index contributed by atoms with van der Waals surface area (Å²) in [6, 6.07) is 2.16. The molecule has 1 unspecified atom stereocenters. The quantitative estimate of drug-likeness (QED) is 0.776. The number of hydrogen-bond acceptors (Lipinski definition) is 5. The molecule has 0 amide bonds. The first-order chi connectivity index (χ1) is 7.05. The van der Waals surface area contributed by atoms with Crippen molar-refractivity contribution in [2.45, 2.75) is 12.8 Å². The summed E-state index contributed by atoms with van der Waals surface area (Å²) in [4.78, 5) is 4.09. The van der Waals surface area contributed by atoms with E-state index in [-0.39, 0.29) is 11.5 Å². The summed E-state index contributed by atoms with van der Waals surface area (Å²) in [6.07, 6.45) is 0.885. The fourth-order valence-corrected chi connectivity index (χ4v) is 4.41. The van der Waals surface area contributed by atoms with E-state index in [1.807, 2.05) is 5.38 Å². The highest BCUT2D eigenvalue weighted by Gasteiger charge is 2.43. The first kappa shape index (κ1) is 10.6. The van der Waals surface area contributed by atoms with Gasteiger partial charge in [-0.2, -0.15) is 5.26 Å². The minimum atomic E-state index is -3.02. The largest absolute Gasteiger partial charge is 0.250 e. The number of sulfone groups is 1. The Morgan fingerprint density at radius 1 is 1.67 bits per heavy atom. The molecule has 1 saturated heterocycles. The van der Waals surface area contributed by atoms with Gasteiger partial charge in [-0.1, -0.05) is 0 Å². The van der Waals surface area contributed by atoms with Crippen molar-refractivity contribution in [1.29, 1.82) is 5.26 Å². The Labute approximate surface area is 92.5 Å². The van der Waals surface area contributed by atoms with Crippen LogP contribution in [0.25, 0.3) is 0 Å². The van der Waals surface area contributed by atoms with Crippen LogP contribution in [0.5, 0.6) is 0 Å². The van der Waals surface area contributed by atoms with Crippen LogP contribution in [0.2, 0.25) is 0 Å². The molecular weight excluding hydrogens is 232 g/mol.